The molecule has 0 aromatic carbocycles. The lowest BCUT2D eigenvalue weighted by Gasteiger charge is -2.21. The molecule has 0 amide bonds. The average molecular weight is 1470 g/mol. The molecule has 0 aliphatic rings. The van der Waals surface area contributed by atoms with Crippen molar-refractivity contribution in [3.63, 3.8) is 0 Å². The average Bonchev–Trinajstić information content (AvgIpc) is 0.919. The highest BCUT2D eigenvalue weighted by atomic mass is 31.2. The van der Waals surface area contributed by atoms with Gasteiger partial charge in [-0.2, -0.15) is 0 Å². The number of carbonyl (C=O) groups excluding carboxylic acids is 4. The standard InChI is InChI=1S/C83H142O17P2/c1-5-9-13-17-21-25-29-33-36-37-38-39-42-45-48-52-56-60-64-68-81(86)94-73-78(99-82(87)69-65-61-57-53-49-43-32-28-24-20-16-12-8-4)75-97-101(89,90)95-71-77(84)72-96-102(91,92)98-76-79(100-83(88)70-66-62-58-54-50-46-41-35-31-27-23-19-15-11-7-3)74-93-80(85)67-63-59-55-51-47-44-40-34-30-26-22-18-14-10-6-2/h10-11,14-15,21-23,25-28,32-36,38-41,77-79,84H,5-9,12-13,16-20,24,29-31,37,42-76H2,1-4H3,(H,89,90)(H,91,92)/b14-10-,15-11-,25-21-,26-22-,27-23-,32-28-,36-33-,39-38-,40-34-,41-35-. The molecule has 0 radical (unpaired) electrons. The minimum atomic E-state index is -4.99. The summed E-state index contributed by atoms with van der Waals surface area (Å²) in [4.78, 5) is 73.0. The molecule has 0 fully saturated rings. The molecular formula is C83H142O17P2. The van der Waals surface area contributed by atoms with E-state index in [4.69, 9.17) is 37.0 Å². The van der Waals surface area contributed by atoms with Gasteiger partial charge in [-0.1, -0.05) is 265 Å². The third kappa shape index (κ3) is 73.8. The minimum Gasteiger partial charge on any atom is -0.462 e. The van der Waals surface area contributed by atoms with Crippen molar-refractivity contribution in [3.8, 4) is 0 Å². The van der Waals surface area contributed by atoms with Crippen molar-refractivity contribution in [1.82, 2.24) is 0 Å². The summed E-state index contributed by atoms with van der Waals surface area (Å²) in [5, 5.41) is 10.6. The Morgan fingerprint density at radius 3 is 0.814 bits per heavy atom. The number of rotatable bonds is 74. The molecule has 3 N–H and O–H groups in total. The van der Waals surface area contributed by atoms with Crippen molar-refractivity contribution in [1.29, 1.82) is 0 Å². The van der Waals surface area contributed by atoms with E-state index in [0.29, 0.717) is 25.7 Å². The van der Waals surface area contributed by atoms with Crippen molar-refractivity contribution in [2.24, 2.45) is 0 Å². The largest absolute Gasteiger partial charge is 0.472 e. The third-order valence-corrected chi connectivity index (χ3v) is 18.3. The van der Waals surface area contributed by atoms with Gasteiger partial charge in [-0.05, 0) is 154 Å². The molecule has 102 heavy (non-hydrogen) atoms. The summed E-state index contributed by atoms with van der Waals surface area (Å²) in [5.41, 5.74) is 0. The minimum absolute atomic E-state index is 0.0692. The summed E-state index contributed by atoms with van der Waals surface area (Å²) < 4.78 is 68.6. The predicted molar refractivity (Wildman–Crippen MR) is 418 cm³/mol. The van der Waals surface area contributed by atoms with Crippen molar-refractivity contribution < 1.29 is 80.2 Å². The van der Waals surface area contributed by atoms with Crippen LogP contribution in [0.5, 0.6) is 0 Å². The van der Waals surface area contributed by atoms with Crippen molar-refractivity contribution in [3.05, 3.63) is 122 Å². The molecule has 5 atom stereocenters. The number of hydrogen-bond acceptors (Lipinski definition) is 15. The second-order valence-electron chi connectivity index (χ2n) is 26.2. The Kier molecular flexibility index (Phi) is 71.4. The second kappa shape index (κ2) is 74.7. The smallest absolute Gasteiger partial charge is 0.462 e. The molecule has 0 aromatic heterocycles. The monoisotopic (exact) mass is 1470 g/mol. The van der Waals surface area contributed by atoms with E-state index in [2.05, 4.69) is 149 Å². The van der Waals surface area contributed by atoms with Gasteiger partial charge in [-0.25, -0.2) is 9.13 Å². The van der Waals surface area contributed by atoms with Crippen LogP contribution in [0.1, 0.15) is 323 Å². The van der Waals surface area contributed by atoms with Gasteiger partial charge in [0.25, 0.3) is 0 Å². The van der Waals surface area contributed by atoms with Crippen LogP contribution in [0, 0.1) is 0 Å². The lowest BCUT2D eigenvalue weighted by molar-refractivity contribution is -0.161. The number of allylic oxidation sites excluding steroid dienone is 20. The van der Waals surface area contributed by atoms with Crippen LogP contribution in [0.2, 0.25) is 0 Å². The Balaban J connectivity index is 5.37. The maximum absolute atomic E-state index is 13.1. The van der Waals surface area contributed by atoms with Crippen LogP contribution in [0.25, 0.3) is 0 Å². The quantitative estimate of drug-likeness (QED) is 0.0169. The topological polar surface area (TPSA) is 237 Å². The summed E-state index contributed by atoms with van der Waals surface area (Å²) in [7, 11) is -9.97. The van der Waals surface area contributed by atoms with E-state index in [0.717, 1.165) is 199 Å². The van der Waals surface area contributed by atoms with E-state index in [9.17, 15) is 43.2 Å². The number of carbonyl (C=O) groups is 4. The second-order valence-corrected chi connectivity index (χ2v) is 29.1. The summed E-state index contributed by atoms with van der Waals surface area (Å²) >= 11 is 0. The molecule has 0 heterocycles. The number of esters is 4. The molecule has 17 nitrogen and oxygen atoms in total. The van der Waals surface area contributed by atoms with Crippen molar-refractivity contribution in [2.45, 2.75) is 341 Å². The Labute approximate surface area is 619 Å². The van der Waals surface area contributed by atoms with Gasteiger partial charge in [-0.3, -0.25) is 37.3 Å². The lowest BCUT2D eigenvalue weighted by Crippen LogP contribution is -2.30. The molecule has 0 saturated carbocycles. The van der Waals surface area contributed by atoms with E-state index in [-0.39, 0.29) is 25.7 Å². The van der Waals surface area contributed by atoms with Gasteiger partial charge in [-0.15, -0.1) is 0 Å². The van der Waals surface area contributed by atoms with E-state index in [1.807, 2.05) is 0 Å². The Hall–Kier alpha value is -4.54. The van der Waals surface area contributed by atoms with Gasteiger partial charge >= 0.3 is 39.5 Å². The van der Waals surface area contributed by atoms with Gasteiger partial charge in [0.1, 0.15) is 19.3 Å². The maximum Gasteiger partial charge on any atom is 0.472 e. The highest BCUT2D eigenvalue weighted by Gasteiger charge is 2.30. The fraction of sp³-hybridized carbons (Fsp3) is 0.711. The number of phosphoric ester groups is 2. The van der Waals surface area contributed by atoms with Crippen LogP contribution in [-0.4, -0.2) is 96.7 Å². The first kappa shape index (κ1) is 97.5. The van der Waals surface area contributed by atoms with Gasteiger partial charge in [0.2, 0.25) is 0 Å². The van der Waals surface area contributed by atoms with Gasteiger partial charge < -0.3 is 33.8 Å². The van der Waals surface area contributed by atoms with E-state index in [1.54, 1.807) is 0 Å². The molecule has 0 rings (SSSR count). The summed E-state index contributed by atoms with van der Waals surface area (Å²) in [6.07, 6.45) is 81.7. The predicted octanol–water partition coefficient (Wildman–Crippen LogP) is 23.1. The molecule has 0 bridgehead atoms. The first-order chi connectivity index (χ1) is 49.7. The molecule has 19 heteroatoms. The highest BCUT2D eigenvalue weighted by Crippen LogP contribution is 2.45. The highest BCUT2D eigenvalue weighted by molar-refractivity contribution is 7.47. The fourth-order valence-corrected chi connectivity index (χ4v) is 11.9. The molecule has 0 aliphatic carbocycles. The Morgan fingerprint density at radius 1 is 0.284 bits per heavy atom. The lowest BCUT2D eigenvalue weighted by atomic mass is 10.1. The zero-order chi connectivity index (χ0) is 74.6. The first-order valence-electron chi connectivity index (χ1n) is 39.8. The van der Waals surface area contributed by atoms with Crippen LogP contribution in [-0.2, 0) is 65.4 Å². The van der Waals surface area contributed by atoms with Crippen LogP contribution < -0.4 is 0 Å². The zero-order valence-electron chi connectivity index (χ0n) is 64.0. The van der Waals surface area contributed by atoms with E-state index < -0.39 is 97.5 Å². The first-order valence-corrected chi connectivity index (χ1v) is 42.8. The van der Waals surface area contributed by atoms with Gasteiger partial charge in [0.05, 0.1) is 26.4 Å². The number of phosphoric acid groups is 2. The van der Waals surface area contributed by atoms with E-state index in [1.165, 1.54) is 44.9 Å². The maximum atomic E-state index is 13.1. The molecule has 5 unspecified atom stereocenters. The molecule has 0 saturated heterocycles. The number of aliphatic hydroxyl groups is 1. The van der Waals surface area contributed by atoms with Crippen LogP contribution >= 0.6 is 15.6 Å². The summed E-state index contributed by atoms with van der Waals surface area (Å²) in [5.74, 6) is -2.23. The van der Waals surface area contributed by atoms with Gasteiger partial charge in [0.15, 0.2) is 12.2 Å². The van der Waals surface area contributed by atoms with E-state index >= 15 is 0 Å². The molecule has 0 spiro atoms. The van der Waals surface area contributed by atoms with Crippen molar-refractivity contribution >= 4 is 39.5 Å². The van der Waals surface area contributed by atoms with Crippen LogP contribution in [0.3, 0.4) is 0 Å². The molecule has 0 aromatic rings. The summed E-state index contributed by atoms with van der Waals surface area (Å²) in [6, 6.07) is 0. The molecule has 0 aliphatic heterocycles. The molecule has 586 valence electrons. The third-order valence-electron chi connectivity index (χ3n) is 16.4. The van der Waals surface area contributed by atoms with Crippen molar-refractivity contribution in [2.75, 3.05) is 39.6 Å². The molecular weight excluding hydrogens is 1330 g/mol. The zero-order valence-corrected chi connectivity index (χ0v) is 65.8. The van der Waals surface area contributed by atoms with Crippen LogP contribution in [0.4, 0.5) is 0 Å². The number of unbranched alkanes of at least 4 members (excludes halogenated alkanes) is 28. The van der Waals surface area contributed by atoms with Crippen LogP contribution in [0.15, 0.2) is 122 Å². The Bertz CT molecular complexity index is 2410. The SMILES string of the molecule is CC/C=C\C/C=C\C/C=C\CCCCCCCC(=O)OCC(COP(=O)(O)OCC(O)COP(=O)(O)OCC(COC(=O)CCCCCCCC/C=C\C/C=C\C/C=C\CCCCC)OC(=O)CCCCCCC/C=C\CCCCCC)OC(=O)CCCCCCC/C=C\C/C=C\C/C=C\CC. The summed E-state index contributed by atoms with van der Waals surface area (Å²) in [6.45, 7) is 4.56. The fourth-order valence-electron chi connectivity index (χ4n) is 10.4. The number of hydrogen-bond donors (Lipinski definition) is 3. The Morgan fingerprint density at radius 2 is 0.510 bits per heavy atom. The normalized spacial score (nSPS) is 14.5. The number of aliphatic hydroxyl groups excluding tert-OH is 1. The van der Waals surface area contributed by atoms with Gasteiger partial charge in [0, 0.05) is 25.7 Å². The number of ether oxygens (including phenoxy) is 4.